The number of carbonyl (C=O) groups excluding carboxylic acids is 1. The molecule has 4 heterocycles. The number of hydrogen-bond acceptors (Lipinski definition) is 6. The zero-order valence-corrected chi connectivity index (χ0v) is 17.6. The first-order chi connectivity index (χ1) is 15.6. The Kier molecular flexibility index (Phi) is 4.99. The van der Waals surface area contributed by atoms with E-state index < -0.39 is 0 Å². The van der Waals surface area contributed by atoms with Crippen molar-refractivity contribution in [2.24, 2.45) is 0 Å². The first-order valence-corrected chi connectivity index (χ1v) is 10.2. The number of furan rings is 1. The molecule has 0 aliphatic rings. The molecule has 0 unspecified atom stereocenters. The molecule has 0 aliphatic heterocycles. The second kappa shape index (κ2) is 8.11. The molecule has 4 aromatic heterocycles. The molecule has 7 heteroatoms. The zero-order chi connectivity index (χ0) is 22.1. The molecule has 0 saturated heterocycles. The van der Waals surface area contributed by atoms with Crippen LogP contribution < -0.4 is 0 Å². The highest BCUT2D eigenvalue weighted by Gasteiger charge is 2.29. The topological polar surface area (TPSA) is 85.3 Å². The van der Waals surface area contributed by atoms with Crippen molar-refractivity contribution in [3.8, 4) is 11.5 Å². The molecule has 158 valence electrons. The van der Waals surface area contributed by atoms with Gasteiger partial charge in [0.1, 0.15) is 5.69 Å². The standard InChI is InChI=1S/C25H20N4O3/c1-16-22-18(15-20(21-12-8-14-31-21)27-24(22)32-28-16)25(30)29(2)23(17-9-4-3-5-10-17)19-11-6-7-13-26-19/h3-15,23H,1-2H3/t23-/m0/s1. The number of pyridine rings is 2. The molecule has 0 fully saturated rings. The average Bonchev–Trinajstić information content (AvgIpc) is 3.50. The van der Waals surface area contributed by atoms with Gasteiger partial charge in [0.05, 0.1) is 34.6 Å². The molecule has 7 nitrogen and oxygen atoms in total. The van der Waals surface area contributed by atoms with Crippen molar-refractivity contribution in [2.45, 2.75) is 13.0 Å². The van der Waals surface area contributed by atoms with E-state index in [2.05, 4.69) is 15.1 Å². The summed E-state index contributed by atoms with van der Waals surface area (Å²) in [5, 5.41) is 4.62. The maximum Gasteiger partial charge on any atom is 0.259 e. The fraction of sp³-hybridized carbons (Fsp3) is 0.120. The summed E-state index contributed by atoms with van der Waals surface area (Å²) < 4.78 is 10.9. The molecule has 0 aliphatic carbocycles. The Labute approximate surface area is 184 Å². The largest absolute Gasteiger partial charge is 0.463 e. The van der Waals surface area contributed by atoms with Gasteiger partial charge in [0.25, 0.3) is 11.6 Å². The maximum absolute atomic E-state index is 13.9. The van der Waals surface area contributed by atoms with E-state index in [1.54, 1.807) is 49.5 Å². The molecule has 1 atom stereocenters. The number of aryl methyl sites for hydroxylation is 1. The van der Waals surface area contributed by atoms with Crippen LogP contribution in [0.2, 0.25) is 0 Å². The third kappa shape index (κ3) is 3.43. The molecule has 5 rings (SSSR count). The predicted octanol–water partition coefficient (Wildman–Crippen LogP) is 5.05. The number of benzene rings is 1. The smallest absolute Gasteiger partial charge is 0.259 e. The van der Waals surface area contributed by atoms with Crippen LogP contribution in [0.1, 0.15) is 33.4 Å². The van der Waals surface area contributed by atoms with Crippen LogP contribution in [0.25, 0.3) is 22.6 Å². The van der Waals surface area contributed by atoms with E-state index >= 15 is 0 Å². The zero-order valence-electron chi connectivity index (χ0n) is 17.6. The Morgan fingerprint density at radius 2 is 1.84 bits per heavy atom. The summed E-state index contributed by atoms with van der Waals surface area (Å²) in [5.41, 5.74) is 3.57. The summed E-state index contributed by atoms with van der Waals surface area (Å²) in [7, 11) is 1.77. The van der Waals surface area contributed by atoms with Crippen molar-refractivity contribution >= 4 is 17.0 Å². The van der Waals surface area contributed by atoms with E-state index in [1.165, 1.54) is 0 Å². The van der Waals surface area contributed by atoms with E-state index in [9.17, 15) is 4.79 Å². The Hall–Kier alpha value is -4.26. The van der Waals surface area contributed by atoms with Gasteiger partial charge in [-0.3, -0.25) is 9.78 Å². The minimum atomic E-state index is -0.375. The van der Waals surface area contributed by atoms with Crippen molar-refractivity contribution in [3.63, 3.8) is 0 Å². The van der Waals surface area contributed by atoms with Gasteiger partial charge in [-0.05, 0) is 42.8 Å². The molecule has 0 saturated carbocycles. The first-order valence-electron chi connectivity index (χ1n) is 10.2. The molecule has 5 aromatic rings. The number of rotatable bonds is 5. The van der Waals surface area contributed by atoms with E-state index in [1.807, 2.05) is 48.5 Å². The third-order valence-corrected chi connectivity index (χ3v) is 5.41. The van der Waals surface area contributed by atoms with E-state index in [-0.39, 0.29) is 11.9 Å². The van der Waals surface area contributed by atoms with Gasteiger partial charge in [-0.25, -0.2) is 4.98 Å². The molecule has 0 spiro atoms. The van der Waals surface area contributed by atoms with Crippen LogP contribution in [0.4, 0.5) is 0 Å². The summed E-state index contributed by atoms with van der Waals surface area (Å²) in [6.45, 7) is 1.80. The van der Waals surface area contributed by atoms with Gasteiger partial charge in [-0.15, -0.1) is 0 Å². The molecule has 1 aromatic carbocycles. The van der Waals surface area contributed by atoms with Gasteiger partial charge in [0.15, 0.2) is 5.76 Å². The fourth-order valence-electron chi connectivity index (χ4n) is 3.89. The monoisotopic (exact) mass is 424 g/mol. The Bertz CT molecular complexity index is 1320. The van der Waals surface area contributed by atoms with Crippen LogP contribution in [-0.4, -0.2) is 33.0 Å². The number of fused-ring (bicyclic) bond motifs is 1. The summed E-state index contributed by atoms with van der Waals surface area (Å²) in [6, 6.07) is 20.4. The van der Waals surface area contributed by atoms with Crippen molar-refractivity contribution in [3.05, 3.63) is 102 Å². The third-order valence-electron chi connectivity index (χ3n) is 5.41. The lowest BCUT2D eigenvalue weighted by molar-refractivity contribution is 0.0754. The molecule has 1 amide bonds. The highest BCUT2D eigenvalue weighted by atomic mass is 16.5. The molecular weight excluding hydrogens is 404 g/mol. The Morgan fingerprint density at radius 3 is 2.56 bits per heavy atom. The van der Waals surface area contributed by atoms with Gasteiger partial charge >= 0.3 is 0 Å². The molecule has 32 heavy (non-hydrogen) atoms. The van der Waals surface area contributed by atoms with E-state index in [0.717, 1.165) is 11.3 Å². The number of hydrogen-bond donors (Lipinski definition) is 0. The van der Waals surface area contributed by atoms with Crippen molar-refractivity contribution < 1.29 is 13.7 Å². The van der Waals surface area contributed by atoms with Crippen LogP contribution in [-0.2, 0) is 0 Å². The minimum Gasteiger partial charge on any atom is -0.463 e. The van der Waals surface area contributed by atoms with Gasteiger partial charge < -0.3 is 13.8 Å². The molecule has 0 bridgehead atoms. The van der Waals surface area contributed by atoms with Crippen molar-refractivity contribution in [1.29, 1.82) is 0 Å². The maximum atomic E-state index is 13.9. The summed E-state index contributed by atoms with van der Waals surface area (Å²) in [5.74, 6) is 0.345. The second-order valence-electron chi connectivity index (χ2n) is 7.46. The highest BCUT2D eigenvalue weighted by Crippen LogP contribution is 2.32. The summed E-state index contributed by atoms with van der Waals surface area (Å²) in [4.78, 5) is 24.6. The Morgan fingerprint density at radius 1 is 1.03 bits per heavy atom. The fourth-order valence-corrected chi connectivity index (χ4v) is 3.89. The van der Waals surface area contributed by atoms with Gasteiger partial charge in [-0.2, -0.15) is 0 Å². The number of carbonyl (C=O) groups is 1. The van der Waals surface area contributed by atoms with Crippen molar-refractivity contribution in [1.82, 2.24) is 20.0 Å². The summed E-state index contributed by atoms with van der Waals surface area (Å²) >= 11 is 0. The average molecular weight is 424 g/mol. The van der Waals surface area contributed by atoms with Gasteiger partial charge in [0.2, 0.25) is 0 Å². The number of aromatic nitrogens is 3. The quantitative estimate of drug-likeness (QED) is 0.393. The van der Waals surface area contributed by atoms with E-state index in [0.29, 0.717) is 33.8 Å². The van der Waals surface area contributed by atoms with Crippen LogP contribution in [0, 0.1) is 6.92 Å². The lowest BCUT2D eigenvalue weighted by Crippen LogP contribution is -2.32. The van der Waals surface area contributed by atoms with Crippen LogP contribution >= 0.6 is 0 Å². The van der Waals surface area contributed by atoms with Crippen molar-refractivity contribution in [2.75, 3.05) is 7.05 Å². The SMILES string of the molecule is Cc1noc2nc(-c3ccco3)cc(C(=O)N(C)[C@@H](c3ccccc3)c3ccccn3)c12. The number of nitrogens with zero attached hydrogens (tertiary/aromatic N) is 4. The molecule has 0 N–H and O–H groups in total. The first kappa shape index (κ1) is 19.7. The van der Waals surface area contributed by atoms with Crippen LogP contribution in [0.15, 0.2) is 88.1 Å². The molecular formula is C25H20N4O3. The normalized spacial score (nSPS) is 12.1. The lowest BCUT2D eigenvalue weighted by atomic mass is 10.00. The van der Waals surface area contributed by atoms with Gasteiger partial charge in [0, 0.05) is 13.2 Å². The lowest BCUT2D eigenvalue weighted by Gasteiger charge is -2.28. The minimum absolute atomic E-state index is 0.198. The predicted molar refractivity (Wildman–Crippen MR) is 119 cm³/mol. The highest BCUT2D eigenvalue weighted by molar-refractivity contribution is 6.07. The number of amides is 1. The molecule has 0 radical (unpaired) electrons. The van der Waals surface area contributed by atoms with Crippen LogP contribution in [0.3, 0.4) is 0 Å². The Balaban J connectivity index is 1.64. The van der Waals surface area contributed by atoms with E-state index in [4.69, 9.17) is 8.94 Å². The van der Waals surface area contributed by atoms with Gasteiger partial charge in [-0.1, -0.05) is 41.6 Å². The summed E-state index contributed by atoms with van der Waals surface area (Å²) in [6.07, 6.45) is 3.29. The second-order valence-corrected chi connectivity index (χ2v) is 7.46. The van der Waals surface area contributed by atoms with Crippen LogP contribution in [0.5, 0.6) is 0 Å².